The molecular formula is C19H18Cl2N2O2. The van der Waals surface area contributed by atoms with E-state index in [1.54, 1.807) is 29.2 Å². The van der Waals surface area contributed by atoms with E-state index in [0.29, 0.717) is 22.3 Å². The van der Waals surface area contributed by atoms with Gasteiger partial charge in [0.1, 0.15) is 0 Å². The van der Waals surface area contributed by atoms with Gasteiger partial charge in [0.05, 0.1) is 5.92 Å². The van der Waals surface area contributed by atoms with Gasteiger partial charge in [-0.25, -0.2) is 0 Å². The zero-order valence-corrected chi connectivity index (χ0v) is 15.5. The predicted octanol–water partition coefficient (Wildman–Crippen LogP) is 4.60. The quantitative estimate of drug-likeness (QED) is 0.850. The van der Waals surface area contributed by atoms with Crippen LogP contribution < -0.4 is 10.2 Å². The molecule has 2 aromatic rings. The minimum Gasteiger partial charge on any atom is -0.326 e. The van der Waals surface area contributed by atoms with E-state index in [-0.39, 0.29) is 18.2 Å². The second-order valence-corrected chi connectivity index (χ2v) is 7.16. The van der Waals surface area contributed by atoms with E-state index in [0.717, 1.165) is 16.8 Å². The molecule has 6 heteroatoms. The molecule has 1 aliphatic heterocycles. The third kappa shape index (κ3) is 3.80. The van der Waals surface area contributed by atoms with Crippen molar-refractivity contribution >= 4 is 46.4 Å². The molecule has 1 aliphatic rings. The van der Waals surface area contributed by atoms with Gasteiger partial charge >= 0.3 is 0 Å². The van der Waals surface area contributed by atoms with Crippen LogP contribution in [0.4, 0.5) is 11.4 Å². The molecule has 1 N–H and O–H groups in total. The molecule has 1 fully saturated rings. The fourth-order valence-corrected chi connectivity index (χ4v) is 3.49. The average Bonchev–Trinajstić information content (AvgIpc) is 2.92. The van der Waals surface area contributed by atoms with Gasteiger partial charge in [-0.15, -0.1) is 0 Å². The van der Waals surface area contributed by atoms with E-state index >= 15 is 0 Å². The largest absolute Gasteiger partial charge is 0.326 e. The Bertz CT molecular complexity index is 851. The molecule has 4 nitrogen and oxygen atoms in total. The summed E-state index contributed by atoms with van der Waals surface area (Å²) < 4.78 is 0. The van der Waals surface area contributed by atoms with Crippen LogP contribution in [0.3, 0.4) is 0 Å². The molecule has 0 aromatic heterocycles. The summed E-state index contributed by atoms with van der Waals surface area (Å²) in [6.07, 6.45) is 0.195. The van der Waals surface area contributed by atoms with Crippen molar-refractivity contribution in [2.45, 2.75) is 20.3 Å². The molecular weight excluding hydrogens is 359 g/mol. The fourth-order valence-electron chi connectivity index (χ4n) is 3.04. The van der Waals surface area contributed by atoms with Crippen molar-refractivity contribution in [1.82, 2.24) is 0 Å². The number of hydrogen-bond donors (Lipinski definition) is 1. The first-order valence-corrected chi connectivity index (χ1v) is 8.74. The van der Waals surface area contributed by atoms with Crippen LogP contribution in [0.2, 0.25) is 10.0 Å². The summed E-state index contributed by atoms with van der Waals surface area (Å²) in [7, 11) is 0. The maximum absolute atomic E-state index is 12.6. The summed E-state index contributed by atoms with van der Waals surface area (Å²) in [5.74, 6) is -0.607. The number of benzene rings is 2. The van der Waals surface area contributed by atoms with Crippen LogP contribution in [0, 0.1) is 19.8 Å². The standard InChI is InChI=1S/C19H18Cl2N2O2/c1-11-7-14(20)3-5-16(11)22-19(25)13-9-18(24)23(10-13)17-6-4-15(21)8-12(17)2/h3-8,13H,9-10H2,1-2H3,(H,22,25). The number of hydrogen-bond acceptors (Lipinski definition) is 2. The SMILES string of the molecule is Cc1cc(Cl)ccc1NC(=O)C1CC(=O)N(c2ccc(Cl)cc2C)C1. The number of anilines is 2. The lowest BCUT2D eigenvalue weighted by Gasteiger charge is -2.19. The highest BCUT2D eigenvalue weighted by Crippen LogP contribution is 2.30. The fraction of sp³-hybridized carbons (Fsp3) is 0.263. The number of amides is 2. The van der Waals surface area contributed by atoms with Gasteiger partial charge < -0.3 is 10.2 Å². The Labute approximate surface area is 156 Å². The highest BCUT2D eigenvalue weighted by atomic mass is 35.5. The zero-order chi connectivity index (χ0) is 18.1. The number of nitrogens with one attached hydrogen (secondary N) is 1. The minimum absolute atomic E-state index is 0.0570. The van der Waals surface area contributed by atoms with Crippen molar-refractivity contribution in [3.63, 3.8) is 0 Å². The second kappa shape index (κ2) is 7.06. The summed E-state index contributed by atoms with van der Waals surface area (Å²) in [5, 5.41) is 4.14. The molecule has 1 atom stereocenters. The minimum atomic E-state index is -0.391. The molecule has 0 aliphatic carbocycles. The molecule has 1 unspecified atom stereocenters. The van der Waals surface area contributed by atoms with Crippen LogP contribution in [0.15, 0.2) is 36.4 Å². The summed E-state index contributed by atoms with van der Waals surface area (Å²) in [6, 6.07) is 10.7. The third-order valence-corrected chi connectivity index (χ3v) is 4.86. The number of halogens is 2. The predicted molar refractivity (Wildman–Crippen MR) is 101 cm³/mol. The van der Waals surface area contributed by atoms with E-state index in [4.69, 9.17) is 23.2 Å². The summed E-state index contributed by atoms with van der Waals surface area (Å²) in [5.41, 5.74) is 3.31. The maximum Gasteiger partial charge on any atom is 0.229 e. The van der Waals surface area contributed by atoms with Gasteiger partial charge in [-0.05, 0) is 61.4 Å². The van der Waals surface area contributed by atoms with Gasteiger partial charge in [0, 0.05) is 34.4 Å². The molecule has 3 rings (SSSR count). The lowest BCUT2D eigenvalue weighted by atomic mass is 10.1. The Balaban J connectivity index is 1.74. The van der Waals surface area contributed by atoms with Crippen LogP contribution in [0.1, 0.15) is 17.5 Å². The van der Waals surface area contributed by atoms with Crippen LogP contribution in [0.25, 0.3) is 0 Å². The van der Waals surface area contributed by atoms with Crippen LogP contribution in [0.5, 0.6) is 0 Å². The molecule has 0 radical (unpaired) electrons. The summed E-state index contributed by atoms with van der Waals surface area (Å²) in [6.45, 7) is 4.14. The summed E-state index contributed by atoms with van der Waals surface area (Å²) in [4.78, 5) is 26.6. The van der Waals surface area contributed by atoms with Crippen molar-refractivity contribution in [3.8, 4) is 0 Å². The number of rotatable bonds is 3. The second-order valence-electron chi connectivity index (χ2n) is 6.28. The Morgan fingerprint density at radius 1 is 1.08 bits per heavy atom. The number of carbonyl (C=O) groups excluding carboxylic acids is 2. The number of nitrogens with zero attached hydrogens (tertiary/aromatic N) is 1. The van der Waals surface area contributed by atoms with Gasteiger partial charge in [0.15, 0.2) is 0 Å². The maximum atomic E-state index is 12.6. The molecule has 2 aromatic carbocycles. The van der Waals surface area contributed by atoms with E-state index in [1.165, 1.54) is 0 Å². The van der Waals surface area contributed by atoms with Crippen molar-refractivity contribution < 1.29 is 9.59 Å². The molecule has 25 heavy (non-hydrogen) atoms. The molecule has 1 saturated heterocycles. The average molecular weight is 377 g/mol. The zero-order valence-electron chi connectivity index (χ0n) is 14.0. The molecule has 0 bridgehead atoms. The molecule has 0 saturated carbocycles. The molecule has 0 spiro atoms. The van der Waals surface area contributed by atoms with Gasteiger partial charge in [-0.3, -0.25) is 9.59 Å². The molecule has 1 heterocycles. The summed E-state index contributed by atoms with van der Waals surface area (Å²) >= 11 is 11.9. The van der Waals surface area contributed by atoms with Crippen molar-refractivity contribution in [2.75, 3.05) is 16.8 Å². The molecule has 130 valence electrons. The smallest absolute Gasteiger partial charge is 0.229 e. The lowest BCUT2D eigenvalue weighted by molar-refractivity contribution is -0.122. The van der Waals surface area contributed by atoms with Crippen molar-refractivity contribution in [2.24, 2.45) is 5.92 Å². The van der Waals surface area contributed by atoms with Crippen molar-refractivity contribution in [1.29, 1.82) is 0 Å². The van der Waals surface area contributed by atoms with E-state index in [2.05, 4.69) is 5.32 Å². The Hall–Kier alpha value is -2.04. The number of carbonyl (C=O) groups is 2. The van der Waals surface area contributed by atoms with Crippen LogP contribution in [-0.4, -0.2) is 18.4 Å². The first-order valence-electron chi connectivity index (χ1n) is 7.98. The Morgan fingerprint density at radius 2 is 1.72 bits per heavy atom. The van der Waals surface area contributed by atoms with Gasteiger partial charge in [0.25, 0.3) is 0 Å². The van der Waals surface area contributed by atoms with Gasteiger partial charge in [0.2, 0.25) is 11.8 Å². The van der Waals surface area contributed by atoms with E-state index < -0.39 is 5.92 Å². The Morgan fingerprint density at radius 3 is 2.36 bits per heavy atom. The van der Waals surface area contributed by atoms with Gasteiger partial charge in [-0.1, -0.05) is 23.2 Å². The first-order chi connectivity index (χ1) is 11.8. The van der Waals surface area contributed by atoms with E-state index in [9.17, 15) is 9.59 Å². The van der Waals surface area contributed by atoms with Crippen molar-refractivity contribution in [3.05, 3.63) is 57.6 Å². The normalized spacial score (nSPS) is 17.0. The monoisotopic (exact) mass is 376 g/mol. The highest BCUT2D eigenvalue weighted by Gasteiger charge is 2.35. The Kier molecular flexibility index (Phi) is 5.02. The third-order valence-electron chi connectivity index (χ3n) is 4.39. The molecule has 2 amide bonds. The van der Waals surface area contributed by atoms with Crippen LogP contribution >= 0.6 is 23.2 Å². The topological polar surface area (TPSA) is 49.4 Å². The highest BCUT2D eigenvalue weighted by molar-refractivity contribution is 6.31. The first kappa shape index (κ1) is 17.8. The van der Waals surface area contributed by atoms with Gasteiger partial charge in [-0.2, -0.15) is 0 Å². The number of aryl methyl sites for hydroxylation is 2. The van der Waals surface area contributed by atoms with Crippen LogP contribution in [-0.2, 0) is 9.59 Å². The lowest BCUT2D eigenvalue weighted by Crippen LogP contribution is -2.28. The van der Waals surface area contributed by atoms with E-state index in [1.807, 2.05) is 26.0 Å².